The van der Waals surface area contributed by atoms with Crippen LogP contribution in [0.15, 0.2) is 60.8 Å². The first-order valence-electron chi connectivity index (χ1n) is 9.15. The smallest absolute Gasteiger partial charge is 0.406 e. The van der Waals surface area contributed by atoms with Crippen molar-refractivity contribution in [3.05, 3.63) is 83.7 Å². The summed E-state index contributed by atoms with van der Waals surface area (Å²) in [5, 5.41) is 0. The predicted octanol–water partition coefficient (Wildman–Crippen LogP) is 5.13. The number of nitrogens with zero attached hydrogens (tertiary/aromatic N) is 1. The minimum Gasteiger partial charge on any atom is -0.406 e. The molecule has 0 bridgehead atoms. The number of ether oxygens (including phenoxy) is 1. The van der Waals surface area contributed by atoms with Gasteiger partial charge in [-0.1, -0.05) is 18.2 Å². The molecule has 0 fully saturated rings. The minimum atomic E-state index is -4.81. The number of primary amides is 1. The van der Waals surface area contributed by atoms with E-state index in [1.54, 1.807) is 12.1 Å². The maximum atomic E-state index is 13.6. The Morgan fingerprint density at radius 1 is 1.03 bits per heavy atom. The summed E-state index contributed by atoms with van der Waals surface area (Å²) in [6.45, 7) is 0. The molecular formula is C22H17F5N2O2. The van der Waals surface area contributed by atoms with Gasteiger partial charge in [-0.15, -0.1) is 13.2 Å². The molecule has 4 nitrogen and oxygen atoms in total. The summed E-state index contributed by atoms with van der Waals surface area (Å²) in [4.78, 5) is 16.0. The summed E-state index contributed by atoms with van der Waals surface area (Å²) in [7, 11) is 0. The molecule has 2 aromatic carbocycles. The van der Waals surface area contributed by atoms with Crippen LogP contribution < -0.4 is 10.5 Å². The van der Waals surface area contributed by atoms with E-state index in [9.17, 15) is 26.7 Å². The van der Waals surface area contributed by atoms with Gasteiger partial charge >= 0.3 is 6.36 Å². The van der Waals surface area contributed by atoms with Crippen LogP contribution in [-0.4, -0.2) is 17.3 Å². The number of benzene rings is 2. The molecule has 9 heteroatoms. The van der Waals surface area contributed by atoms with E-state index in [0.717, 1.165) is 30.3 Å². The Morgan fingerprint density at radius 3 is 2.26 bits per heavy atom. The number of carbonyl (C=O) groups is 1. The first-order valence-corrected chi connectivity index (χ1v) is 9.15. The number of hydrogen-bond donors (Lipinski definition) is 1. The molecule has 1 amide bonds. The highest BCUT2D eigenvalue weighted by molar-refractivity contribution is 5.76. The second kappa shape index (κ2) is 9.11. The number of rotatable bonds is 7. The number of carbonyl (C=O) groups excluding carboxylic acids is 1. The average molecular weight is 436 g/mol. The second-order valence-corrected chi connectivity index (χ2v) is 6.86. The summed E-state index contributed by atoms with van der Waals surface area (Å²) in [5.74, 6) is -3.14. The Hall–Kier alpha value is -3.49. The maximum Gasteiger partial charge on any atom is 0.573 e. The van der Waals surface area contributed by atoms with Crippen LogP contribution in [-0.2, 0) is 11.2 Å². The van der Waals surface area contributed by atoms with Crippen molar-refractivity contribution in [3.8, 4) is 16.9 Å². The van der Waals surface area contributed by atoms with Crippen LogP contribution in [0.25, 0.3) is 11.1 Å². The molecule has 0 spiro atoms. The van der Waals surface area contributed by atoms with Crippen LogP contribution in [0.3, 0.4) is 0 Å². The van der Waals surface area contributed by atoms with Gasteiger partial charge in [0.2, 0.25) is 5.91 Å². The molecule has 0 saturated carbocycles. The van der Waals surface area contributed by atoms with Gasteiger partial charge in [-0.25, -0.2) is 8.78 Å². The van der Waals surface area contributed by atoms with E-state index < -0.39 is 29.8 Å². The molecule has 2 N–H and O–H groups in total. The van der Waals surface area contributed by atoms with Gasteiger partial charge in [0.25, 0.3) is 0 Å². The lowest BCUT2D eigenvalue weighted by molar-refractivity contribution is -0.274. The van der Waals surface area contributed by atoms with Gasteiger partial charge < -0.3 is 10.5 Å². The normalized spacial score (nSPS) is 12.4. The number of nitrogens with two attached hydrogens (primary N) is 1. The SMILES string of the molecule is NC(=O)C[C@H](Cc1cc(F)cc(F)c1)c1ncccc1-c1ccc(OC(F)(F)F)cc1. The van der Waals surface area contributed by atoms with Gasteiger partial charge in [-0.3, -0.25) is 9.78 Å². The van der Waals surface area contributed by atoms with Gasteiger partial charge in [-0.05, 0) is 47.9 Å². The fourth-order valence-corrected chi connectivity index (χ4v) is 3.34. The van der Waals surface area contributed by atoms with Crippen molar-refractivity contribution < 1.29 is 31.5 Å². The summed E-state index contributed by atoms with van der Waals surface area (Å²) < 4.78 is 68.3. The van der Waals surface area contributed by atoms with Crippen molar-refractivity contribution in [2.24, 2.45) is 5.73 Å². The van der Waals surface area contributed by atoms with Crippen molar-refractivity contribution in [1.82, 2.24) is 4.98 Å². The van der Waals surface area contributed by atoms with Crippen LogP contribution in [0.5, 0.6) is 5.75 Å². The van der Waals surface area contributed by atoms with Gasteiger partial charge in [0.15, 0.2) is 0 Å². The fraction of sp³-hybridized carbons (Fsp3) is 0.182. The lowest BCUT2D eigenvalue weighted by Gasteiger charge is -2.19. The van der Waals surface area contributed by atoms with Crippen LogP contribution in [0.4, 0.5) is 22.0 Å². The molecule has 1 atom stereocenters. The lowest BCUT2D eigenvalue weighted by atomic mass is 9.88. The fourth-order valence-electron chi connectivity index (χ4n) is 3.34. The summed E-state index contributed by atoms with van der Waals surface area (Å²) in [5.41, 5.74) is 7.19. The monoisotopic (exact) mass is 436 g/mol. The lowest BCUT2D eigenvalue weighted by Crippen LogP contribution is -2.18. The van der Waals surface area contributed by atoms with Crippen LogP contribution >= 0.6 is 0 Å². The molecule has 0 aliphatic carbocycles. The van der Waals surface area contributed by atoms with E-state index in [2.05, 4.69) is 9.72 Å². The van der Waals surface area contributed by atoms with Crippen LogP contribution in [0.1, 0.15) is 23.6 Å². The molecule has 1 heterocycles. The zero-order chi connectivity index (χ0) is 22.6. The molecule has 0 aliphatic rings. The van der Waals surface area contributed by atoms with Gasteiger partial charge in [-0.2, -0.15) is 0 Å². The predicted molar refractivity (Wildman–Crippen MR) is 103 cm³/mol. The Bertz CT molecular complexity index is 1050. The highest BCUT2D eigenvalue weighted by Gasteiger charge is 2.31. The van der Waals surface area contributed by atoms with E-state index in [-0.39, 0.29) is 18.6 Å². The first-order chi connectivity index (χ1) is 14.6. The minimum absolute atomic E-state index is 0.0803. The number of alkyl halides is 3. The molecule has 162 valence electrons. The molecule has 0 radical (unpaired) electrons. The zero-order valence-corrected chi connectivity index (χ0v) is 16.0. The Morgan fingerprint density at radius 2 is 1.68 bits per heavy atom. The Labute approximate surface area is 174 Å². The van der Waals surface area contributed by atoms with E-state index in [1.165, 1.54) is 18.3 Å². The van der Waals surface area contributed by atoms with Gasteiger partial charge in [0, 0.05) is 30.2 Å². The van der Waals surface area contributed by atoms with Crippen LogP contribution in [0.2, 0.25) is 0 Å². The summed E-state index contributed by atoms with van der Waals surface area (Å²) in [6.07, 6.45) is -3.39. The molecule has 0 unspecified atom stereocenters. The van der Waals surface area contributed by atoms with Gasteiger partial charge in [0.1, 0.15) is 17.4 Å². The third kappa shape index (κ3) is 6.24. The molecule has 0 aliphatic heterocycles. The molecule has 1 aromatic heterocycles. The highest BCUT2D eigenvalue weighted by atomic mass is 19.4. The molecule has 3 aromatic rings. The van der Waals surface area contributed by atoms with Crippen molar-refractivity contribution in [2.45, 2.75) is 25.1 Å². The largest absolute Gasteiger partial charge is 0.573 e. The van der Waals surface area contributed by atoms with Crippen molar-refractivity contribution in [3.63, 3.8) is 0 Å². The molecule has 0 saturated heterocycles. The van der Waals surface area contributed by atoms with E-state index >= 15 is 0 Å². The molecule has 31 heavy (non-hydrogen) atoms. The summed E-state index contributed by atoms with van der Waals surface area (Å²) in [6, 6.07) is 11.5. The van der Waals surface area contributed by atoms with Crippen molar-refractivity contribution >= 4 is 5.91 Å². The van der Waals surface area contributed by atoms with Gasteiger partial charge in [0.05, 0.1) is 5.69 Å². The Balaban J connectivity index is 1.97. The second-order valence-electron chi connectivity index (χ2n) is 6.86. The van der Waals surface area contributed by atoms with Crippen LogP contribution in [0, 0.1) is 11.6 Å². The van der Waals surface area contributed by atoms with E-state index in [4.69, 9.17) is 5.73 Å². The number of amides is 1. The van der Waals surface area contributed by atoms with Crippen molar-refractivity contribution in [2.75, 3.05) is 0 Å². The van der Waals surface area contributed by atoms with E-state index in [0.29, 0.717) is 22.4 Å². The summed E-state index contributed by atoms with van der Waals surface area (Å²) >= 11 is 0. The number of pyridine rings is 1. The third-order valence-electron chi connectivity index (χ3n) is 4.48. The number of aromatic nitrogens is 1. The topological polar surface area (TPSA) is 65.2 Å². The number of halogens is 5. The highest BCUT2D eigenvalue weighted by Crippen LogP contribution is 2.33. The zero-order valence-electron chi connectivity index (χ0n) is 16.0. The number of hydrogen-bond acceptors (Lipinski definition) is 3. The average Bonchev–Trinajstić information content (AvgIpc) is 2.66. The molecular weight excluding hydrogens is 419 g/mol. The first kappa shape index (κ1) is 22.2. The Kier molecular flexibility index (Phi) is 6.53. The molecule has 3 rings (SSSR count). The van der Waals surface area contributed by atoms with E-state index in [1.807, 2.05) is 0 Å². The van der Waals surface area contributed by atoms with Crippen molar-refractivity contribution in [1.29, 1.82) is 0 Å². The third-order valence-corrected chi connectivity index (χ3v) is 4.48. The standard InChI is InChI=1S/C22H17F5N2O2/c23-16-9-13(10-17(24)12-16)8-15(11-20(28)30)21-19(2-1-7-29-21)14-3-5-18(6-4-14)31-22(25,26)27/h1-7,9-10,12,15H,8,11H2,(H2,28,30)/t15-/m0/s1. The quantitative estimate of drug-likeness (QED) is 0.523. The maximum absolute atomic E-state index is 13.6.